The Morgan fingerprint density at radius 1 is 0.826 bits per heavy atom. The number of imidazole rings is 1. The average Bonchev–Trinajstić information content (AvgIpc) is 2.97. The number of halogens is 1. The van der Waals surface area contributed by atoms with Crippen molar-refractivity contribution in [1.29, 1.82) is 0 Å². The second kappa shape index (κ2) is 7.20. The molecule has 3 rings (SSSR count). The molecular formula is C18H19ClN2O2. The number of benzene rings is 2. The molecule has 0 aliphatic carbocycles. The summed E-state index contributed by atoms with van der Waals surface area (Å²) < 4.78 is 12.5. The summed E-state index contributed by atoms with van der Waals surface area (Å²) in [4.78, 5) is 4.65. The van der Waals surface area contributed by atoms with Crippen LogP contribution in [0.25, 0.3) is 17.1 Å². The van der Waals surface area contributed by atoms with Crippen LogP contribution in [0.3, 0.4) is 0 Å². The summed E-state index contributed by atoms with van der Waals surface area (Å²) in [5.41, 5.74) is 3.07. The number of aromatic nitrogens is 2. The first-order valence-corrected chi connectivity index (χ1v) is 7.06. The lowest BCUT2D eigenvalue weighted by Gasteiger charge is -2.09. The fourth-order valence-electron chi connectivity index (χ4n) is 2.38. The van der Waals surface area contributed by atoms with Crippen LogP contribution in [-0.4, -0.2) is 23.8 Å². The van der Waals surface area contributed by atoms with E-state index in [9.17, 15) is 0 Å². The molecule has 0 aliphatic rings. The van der Waals surface area contributed by atoms with Gasteiger partial charge in [-0.15, -0.1) is 12.4 Å². The van der Waals surface area contributed by atoms with E-state index in [1.165, 1.54) is 0 Å². The Hall–Kier alpha value is -2.46. The van der Waals surface area contributed by atoms with Crippen LogP contribution in [0.2, 0.25) is 0 Å². The van der Waals surface area contributed by atoms with Crippen molar-refractivity contribution in [1.82, 2.24) is 9.55 Å². The smallest absolute Gasteiger partial charge is 0.144 e. The highest BCUT2D eigenvalue weighted by Crippen LogP contribution is 2.25. The summed E-state index contributed by atoms with van der Waals surface area (Å²) >= 11 is 0. The van der Waals surface area contributed by atoms with Crippen molar-refractivity contribution < 1.29 is 9.47 Å². The van der Waals surface area contributed by atoms with Gasteiger partial charge in [0.2, 0.25) is 0 Å². The summed E-state index contributed by atoms with van der Waals surface area (Å²) in [6, 6.07) is 15.8. The Bertz CT molecular complexity index is 700. The Morgan fingerprint density at radius 2 is 1.35 bits per heavy atom. The fourth-order valence-corrected chi connectivity index (χ4v) is 2.38. The molecule has 0 saturated heterocycles. The molecule has 0 aliphatic heterocycles. The van der Waals surface area contributed by atoms with Gasteiger partial charge in [-0.2, -0.15) is 0 Å². The predicted octanol–water partition coefficient (Wildman–Crippen LogP) is 4.29. The first kappa shape index (κ1) is 16.9. The molecule has 2 aromatic carbocycles. The van der Waals surface area contributed by atoms with Crippen LogP contribution in [0.15, 0.2) is 54.7 Å². The third kappa shape index (κ3) is 3.48. The molecule has 0 bridgehead atoms. The van der Waals surface area contributed by atoms with Crippen LogP contribution in [0.1, 0.15) is 5.69 Å². The van der Waals surface area contributed by atoms with Gasteiger partial charge < -0.3 is 9.47 Å². The van der Waals surface area contributed by atoms with Gasteiger partial charge in [-0.1, -0.05) is 0 Å². The third-order valence-corrected chi connectivity index (χ3v) is 3.53. The van der Waals surface area contributed by atoms with Crippen LogP contribution >= 0.6 is 12.4 Å². The molecule has 5 heteroatoms. The maximum absolute atomic E-state index is 5.21. The zero-order valence-electron chi connectivity index (χ0n) is 13.3. The van der Waals surface area contributed by atoms with Gasteiger partial charge in [-0.05, 0) is 55.5 Å². The van der Waals surface area contributed by atoms with E-state index in [4.69, 9.17) is 9.47 Å². The highest BCUT2D eigenvalue weighted by molar-refractivity contribution is 5.85. The van der Waals surface area contributed by atoms with Crippen molar-refractivity contribution in [2.45, 2.75) is 6.92 Å². The fraction of sp³-hybridized carbons (Fsp3) is 0.167. The van der Waals surface area contributed by atoms with E-state index >= 15 is 0 Å². The van der Waals surface area contributed by atoms with Crippen molar-refractivity contribution >= 4 is 12.4 Å². The van der Waals surface area contributed by atoms with Crippen molar-refractivity contribution in [2.24, 2.45) is 0 Å². The van der Waals surface area contributed by atoms with E-state index in [-0.39, 0.29) is 12.4 Å². The number of ether oxygens (including phenoxy) is 2. The molecule has 23 heavy (non-hydrogen) atoms. The number of methoxy groups -OCH3 is 2. The normalized spacial score (nSPS) is 10.0. The largest absolute Gasteiger partial charge is 0.497 e. The lowest BCUT2D eigenvalue weighted by Crippen LogP contribution is -1.96. The van der Waals surface area contributed by atoms with Crippen LogP contribution < -0.4 is 9.47 Å². The maximum atomic E-state index is 5.21. The van der Waals surface area contributed by atoms with Gasteiger partial charge >= 0.3 is 0 Å². The molecular weight excluding hydrogens is 312 g/mol. The second-order valence-electron chi connectivity index (χ2n) is 5.00. The van der Waals surface area contributed by atoms with Crippen LogP contribution in [0.5, 0.6) is 11.5 Å². The molecule has 0 radical (unpaired) electrons. The molecule has 0 N–H and O–H groups in total. The first-order valence-electron chi connectivity index (χ1n) is 7.06. The van der Waals surface area contributed by atoms with Crippen molar-refractivity contribution in [3.05, 3.63) is 60.4 Å². The maximum Gasteiger partial charge on any atom is 0.144 e. The van der Waals surface area contributed by atoms with Crippen molar-refractivity contribution in [3.63, 3.8) is 0 Å². The van der Waals surface area contributed by atoms with Gasteiger partial charge in [0.25, 0.3) is 0 Å². The lowest BCUT2D eigenvalue weighted by atomic mass is 10.2. The minimum atomic E-state index is 0. The topological polar surface area (TPSA) is 36.3 Å². The third-order valence-electron chi connectivity index (χ3n) is 3.53. The number of rotatable bonds is 4. The molecule has 0 unspecified atom stereocenters. The van der Waals surface area contributed by atoms with E-state index < -0.39 is 0 Å². The highest BCUT2D eigenvalue weighted by atomic mass is 35.5. The second-order valence-corrected chi connectivity index (χ2v) is 5.00. The van der Waals surface area contributed by atoms with Crippen molar-refractivity contribution in [3.8, 4) is 28.6 Å². The Kier molecular flexibility index (Phi) is 5.29. The molecule has 4 nitrogen and oxygen atoms in total. The van der Waals surface area contributed by atoms with Gasteiger partial charge in [0, 0.05) is 17.4 Å². The molecule has 120 valence electrons. The molecule has 0 atom stereocenters. The first-order chi connectivity index (χ1) is 10.7. The molecule has 0 spiro atoms. The molecule has 1 heterocycles. The molecule has 0 saturated carbocycles. The van der Waals surface area contributed by atoms with E-state index in [1.807, 2.05) is 61.7 Å². The van der Waals surface area contributed by atoms with Gasteiger partial charge in [0.15, 0.2) is 0 Å². The standard InChI is InChI=1S/C18H18N2O2.ClH/c1-13-12-20(15-6-10-17(22-3)11-7-15)18(19-13)14-4-8-16(21-2)9-5-14;/h4-12H,1-3H3;1H. The predicted molar refractivity (Wildman–Crippen MR) is 94.1 cm³/mol. The average molecular weight is 331 g/mol. The molecule has 3 aromatic rings. The summed E-state index contributed by atoms with van der Waals surface area (Å²) in [5, 5.41) is 0. The van der Waals surface area contributed by atoms with Gasteiger partial charge in [0.05, 0.1) is 19.9 Å². The Labute approximate surface area is 142 Å². The van der Waals surface area contributed by atoms with Crippen LogP contribution in [-0.2, 0) is 0 Å². The molecule has 0 fully saturated rings. The van der Waals surface area contributed by atoms with E-state index in [0.717, 1.165) is 34.3 Å². The number of aryl methyl sites for hydroxylation is 1. The van der Waals surface area contributed by atoms with Crippen LogP contribution in [0, 0.1) is 6.92 Å². The van der Waals surface area contributed by atoms with E-state index in [0.29, 0.717) is 0 Å². The van der Waals surface area contributed by atoms with E-state index in [1.54, 1.807) is 14.2 Å². The Balaban J connectivity index is 0.00000192. The quantitative estimate of drug-likeness (QED) is 0.716. The summed E-state index contributed by atoms with van der Waals surface area (Å²) in [6.07, 6.45) is 2.03. The minimum Gasteiger partial charge on any atom is -0.497 e. The molecule has 0 amide bonds. The highest BCUT2D eigenvalue weighted by Gasteiger charge is 2.10. The van der Waals surface area contributed by atoms with Crippen LogP contribution in [0.4, 0.5) is 0 Å². The zero-order valence-corrected chi connectivity index (χ0v) is 14.1. The zero-order chi connectivity index (χ0) is 15.5. The summed E-state index contributed by atoms with van der Waals surface area (Å²) in [6.45, 7) is 1.99. The summed E-state index contributed by atoms with van der Waals surface area (Å²) in [5.74, 6) is 2.58. The number of hydrogen-bond donors (Lipinski definition) is 0. The lowest BCUT2D eigenvalue weighted by molar-refractivity contribution is 0.414. The van der Waals surface area contributed by atoms with E-state index in [2.05, 4.69) is 9.55 Å². The monoisotopic (exact) mass is 330 g/mol. The minimum absolute atomic E-state index is 0. The van der Waals surface area contributed by atoms with Gasteiger partial charge in [0.1, 0.15) is 17.3 Å². The van der Waals surface area contributed by atoms with Gasteiger partial charge in [-0.3, -0.25) is 4.57 Å². The summed E-state index contributed by atoms with van der Waals surface area (Å²) in [7, 11) is 3.33. The SMILES string of the molecule is COc1ccc(-c2nc(C)cn2-c2ccc(OC)cc2)cc1.Cl. The Morgan fingerprint density at radius 3 is 1.87 bits per heavy atom. The van der Waals surface area contributed by atoms with Crippen molar-refractivity contribution in [2.75, 3.05) is 14.2 Å². The number of nitrogens with zero attached hydrogens (tertiary/aromatic N) is 2. The number of hydrogen-bond acceptors (Lipinski definition) is 3. The van der Waals surface area contributed by atoms with Gasteiger partial charge in [-0.25, -0.2) is 4.98 Å². The molecule has 1 aromatic heterocycles.